The summed E-state index contributed by atoms with van der Waals surface area (Å²) in [6.45, 7) is 5.35. The smallest absolute Gasteiger partial charge is 0.132 e. The van der Waals surface area contributed by atoms with Crippen LogP contribution in [0.3, 0.4) is 0 Å². The van der Waals surface area contributed by atoms with Gasteiger partial charge in [0.2, 0.25) is 0 Å². The summed E-state index contributed by atoms with van der Waals surface area (Å²) in [5.74, 6) is 2.03. The van der Waals surface area contributed by atoms with E-state index in [2.05, 4.69) is 25.2 Å². The van der Waals surface area contributed by atoms with Crippen molar-refractivity contribution in [2.24, 2.45) is 0 Å². The molecule has 0 aromatic heterocycles. The quantitative estimate of drug-likeness (QED) is 0.752. The Labute approximate surface area is 96.4 Å². The van der Waals surface area contributed by atoms with Crippen molar-refractivity contribution in [1.29, 1.82) is 0 Å². The number of thioether (sulfide) groups is 1. The predicted octanol–water partition coefficient (Wildman–Crippen LogP) is 2.79. The lowest BCUT2D eigenvalue weighted by atomic mass is 10.3. The third kappa shape index (κ3) is 4.14. The number of nitrogens with one attached hydrogen (secondary N) is 1. The van der Waals surface area contributed by atoms with Crippen LogP contribution < -0.4 is 10.1 Å². The van der Waals surface area contributed by atoms with Crippen LogP contribution in [0.4, 0.5) is 0 Å². The molecular weight excluding hydrogens is 206 g/mol. The first-order chi connectivity index (χ1) is 7.27. The van der Waals surface area contributed by atoms with Crippen molar-refractivity contribution >= 4 is 11.8 Å². The second-order valence-electron chi connectivity index (χ2n) is 3.42. The SMILES string of the molecule is CCNC(C)CSc1ccccc1OC. The van der Waals surface area contributed by atoms with Gasteiger partial charge in [-0.2, -0.15) is 0 Å². The summed E-state index contributed by atoms with van der Waals surface area (Å²) in [5, 5.41) is 3.39. The summed E-state index contributed by atoms with van der Waals surface area (Å²) in [6.07, 6.45) is 0. The van der Waals surface area contributed by atoms with Gasteiger partial charge in [-0.25, -0.2) is 0 Å². The molecule has 0 fully saturated rings. The average Bonchev–Trinajstić information content (AvgIpc) is 2.27. The molecule has 0 aliphatic heterocycles. The summed E-state index contributed by atoms with van der Waals surface area (Å²) >= 11 is 1.83. The molecule has 2 nitrogen and oxygen atoms in total. The molecule has 0 aliphatic carbocycles. The monoisotopic (exact) mass is 225 g/mol. The van der Waals surface area contributed by atoms with Crippen molar-refractivity contribution in [3.05, 3.63) is 24.3 Å². The average molecular weight is 225 g/mol. The van der Waals surface area contributed by atoms with Crippen LogP contribution in [0, 0.1) is 0 Å². The number of para-hydroxylation sites is 1. The highest BCUT2D eigenvalue weighted by atomic mass is 32.2. The highest BCUT2D eigenvalue weighted by molar-refractivity contribution is 7.99. The molecule has 0 radical (unpaired) electrons. The summed E-state index contributed by atoms with van der Waals surface area (Å²) in [5.41, 5.74) is 0. The van der Waals surface area contributed by atoms with Gasteiger partial charge in [0.05, 0.1) is 7.11 Å². The Hall–Kier alpha value is -0.670. The first kappa shape index (κ1) is 12.4. The first-order valence-corrected chi connectivity index (χ1v) is 6.25. The van der Waals surface area contributed by atoms with E-state index < -0.39 is 0 Å². The maximum atomic E-state index is 5.30. The van der Waals surface area contributed by atoms with Crippen molar-refractivity contribution in [3.63, 3.8) is 0 Å². The molecule has 0 aliphatic rings. The molecule has 1 aromatic carbocycles. The maximum Gasteiger partial charge on any atom is 0.132 e. The van der Waals surface area contributed by atoms with Crippen molar-refractivity contribution in [3.8, 4) is 5.75 Å². The highest BCUT2D eigenvalue weighted by Gasteiger charge is 2.05. The van der Waals surface area contributed by atoms with E-state index in [9.17, 15) is 0 Å². The van der Waals surface area contributed by atoms with Crippen LogP contribution >= 0.6 is 11.8 Å². The normalized spacial score (nSPS) is 12.5. The molecule has 84 valence electrons. The standard InChI is InChI=1S/C12H19NOS/c1-4-13-10(2)9-15-12-8-6-5-7-11(12)14-3/h5-8,10,13H,4,9H2,1-3H3. The molecule has 0 bridgehead atoms. The van der Waals surface area contributed by atoms with E-state index in [-0.39, 0.29) is 0 Å². The Kier molecular flexibility index (Phi) is 5.58. The summed E-state index contributed by atoms with van der Waals surface area (Å²) in [7, 11) is 1.72. The number of hydrogen-bond acceptors (Lipinski definition) is 3. The number of ether oxygens (including phenoxy) is 1. The molecule has 0 saturated carbocycles. The van der Waals surface area contributed by atoms with E-state index >= 15 is 0 Å². The Balaban J connectivity index is 2.49. The third-order valence-corrected chi connectivity index (χ3v) is 3.43. The zero-order chi connectivity index (χ0) is 11.1. The number of benzene rings is 1. The van der Waals surface area contributed by atoms with Crippen LogP contribution in [-0.4, -0.2) is 25.4 Å². The molecule has 1 rings (SSSR count). The second-order valence-corrected chi connectivity index (χ2v) is 4.48. The van der Waals surface area contributed by atoms with Crippen molar-refractivity contribution in [1.82, 2.24) is 5.32 Å². The van der Waals surface area contributed by atoms with Gasteiger partial charge in [-0.3, -0.25) is 0 Å². The van der Waals surface area contributed by atoms with Crippen LogP contribution in [0.1, 0.15) is 13.8 Å². The van der Waals surface area contributed by atoms with E-state index in [0.717, 1.165) is 18.0 Å². The molecule has 3 heteroatoms. The molecular formula is C12H19NOS. The van der Waals surface area contributed by atoms with E-state index in [1.54, 1.807) is 7.11 Å². The van der Waals surface area contributed by atoms with Gasteiger partial charge in [0, 0.05) is 16.7 Å². The van der Waals surface area contributed by atoms with Crippen molar-refractivity contribution in [2.45, 2.75) is 24.8 Å². The van der Waals surface area contributed by atoms with E-state index in [4.69, 9.17) is 4.74 Å². The Morgan fingerprint density at radius 3 is 2.80 bits per heavy atom. The minimum absolute atomic E-state index is 0.532. The molecule has 1 atom stereocenters. The highest BCUT2D eigenvalue weighted by Crippen LogP contribution is 2.28. The molecule has 1 N–H and O–H groups in total. The van der Waals surface area contributed by atoms with Crippen LogP contribution in [0.25, 0.3) is 0 Å². The summed E-state index contributed by atoms with van der Waals surface area (Å²) < 4.78 is 5.30. The van der Waals surface area contributed by atoms with E-state index in [1.807, 2.05) is 30.0 Å². The first-order valence-electron chi connectivity index (χ1n) is 5.27. The largest absolute Gasteiger partial charge is 0.496 e. The van der Waals surface area contributed by atoms with Crippen LogP contribution in [0.15, 0.2) is 29.2 Å². The van der Waals surface area contributed by atoms with Crippen LogP contribution in [0.2, 0.25) is 0 Å². The van der Waals surface area contributed by atoms with Gasteiger partial charge >= 0.3 is 0 Å². The van der Waals surface area contributed by atoms with Crippen LogP contribution in [0.5, 0.6) is 5.75 Å². The van der Waals surface area contributed by atoms with Crippen molar-refractivity contribution in [2.75, 3.05) is 19.4 Å². The van der Waals surface area contributed by atoms with E-state index in [0.29, 0.717) is 6.04 Å². The topological polar surface area (TPSA) is 21.3 Å². The van der Waals surface area contributed by atoms with Gasteiger partial charge in [-0.1, -0.05) is 19.1 Å². The molecule has 1 unspecified atom stereocenters. The lowest BCUT2D eigenvalue weighted by Gasteiger charge is -2.13. The molecule has 0 heterocycles. The predicted molar refractivity (Wildman–Crippen MR) is 66.9 cm³/mol. The summed E-state index contributed by atoms with van der Waals surface area (Å²) in [6, 6.07) is 8.67. The molecule has 0 saturated heterocycles. The fourth-order valence-electron chi connectivity index (χ4n) is 1.36. The third-order valence-electron chi connectivity index (χ3n) is 2.11. The zero-order valence-electron chi connectivity index (χ0n) is 9.62. The number of hydrogen-bond donors (Lipinski definition) is 1. The number of methoxy groups -OCH3 is 1. The summed E-state index contributed by atoms with van der Waals surface area (Å²) in [4.78, 5) is 1.21. The molecule has 15 heavy (non-hydrogen) atoms. The Morgan fingerprint density at radius 1 is 1.40 bits per heavy atom. The molecule has 0 amide bonds. The van der Waals surface area contributed by atoms with Gasteiger partial charge in [0.15, 0.2) is 0 Å². The lowest BCUT2D eigenvalue weighted by molar-refractivity contribution is 0.405. The molecule has 0 spiro atoms. The Morgan fingerprint density at radius 2 is 2.13 bits per heavy atom. The van der Waals surface area contributed by atoms with Gasteiger partial charge in [0.1, 0.15) is 5.75 Å². The zero-order valence-corrected chi connectivity index (χ0v) is 10.4. The fraction of sp³-hybridized carbons (Fsp3) is 0.500. The van der Waals surface area contributed by atoms with Crippen molar-refractivity contribution < 1.29 is 4.74 Å². The Bertz CT molecular complexity index is 291. The number of rotatable bonds is 6. The molecule has 1 aromatic rings. The minimum atomic E-state index is 0.532. The fourth-order valence-corrected chi connectivity index (χ4v) is 2.38. The lowest BCUT2D eigenvalue weighted by Crippen LogP contribution is -2.27. The van der Waals surface area contributed by atoms with Gasteiger partial charge in [-0.15, -0.1) is 11.8 Å². The minimum Gasteiger partial charge on any atom is -0.496 e. The second kappa shape index (κ2) is 6.75. The van der Waals surface area contributed by atoms with Gasteiger partial charge in [0.25, 0.3) is 0 Å². The van der Waals surface area contributed by atoms with Gasteiger partial charge < -0.3 is 10.1 Å². The van der Waals surface area contributed by atoms with E-state index in [1.165, 1.54) is 4.90 Å². The maximum absolute atomic E-state index is 5.30. The van der Waals surface area contributed by atoms with Crippen LogP contribution in [-0.2, 0) is 0 Å². The van der Waals surface area contributed by atoms with Gasteiger partial charge in [-0.05, 0) is 25.6 Å².